The fourth-order valence-corrected chi connectivity index (χ4v) is 6.22. The van der Waals surface area contributed by atoms with E-state index in [2.05, 4.69) is 17.1 Å². The molecule has 0 aliphatic carbocycles. The standard InChI is InChI=1S/C30H25ClFN3O4S2/c1-2-3-16-39-23-14-8-20(9-15-23)26(36)24-25(19-6-12-22(32)13-7-19)35(28(38)27(24)37)29-33-34-30(41-29)40-17-18-4-10-21(31)11-5-18/h4-15,25,36H,2-3,16-17H2,1H3/b26-24+. The first kappa shape index (κ1) is 28.8. The van der Waals surface area contributed by atoms with Crippen molar-refractivity contribution in [3.63, 3.8) is 0 Å². The number of rotatable bonds is 10. The van der Waals surface area contributed by atoms with Crippen molar-refractivity contribution in [2.45, 2.75) is 35.9 Å². The zero-order valence-electron chi connectivity index (χ0n) is 21.9. The van der Waals surface area contributed by atoms with Crippen LogP contribution in [0.5, 0.6) is 5.75 Å². The van der Waals surface area contributed by atoms with E-state index in [0.717, 1.165) is 29.7 Å². The third kappa shape index (κ3) is 6.45. The van der Waals surface area contributed by atoms with E-state index in [0.29, 0.717) is 38.6 Å². The predicted octanol–water partition coefficient (Wildman–Crippen LogP) is 7.43. The van der Waals surface area contributed by atoms with Gasteiger partial charge in [0.1, 0.15) is 17.3 Å². The number of aliphatic hydroxyl groups is 1. The monoisotopic (exact) mass is 609 g/mol. The summed E-state index contributed by atoms with van der Waals surface area (Å²) in [6, 6.07) is 18.5. The van der Waals surface area contributed by atoms with Crippen molar-refractivity contribution in [3.8, 4) is 5.75 Å². The summed E-state index contributed by atoms with van der Waals surface area (Å²) >= 11 is 8.55. The highest BCUT2D eigenvalue weighted by molar-refractivity contribution is 8.00. The molecular weight excluding hydrogens is 585 g/mol. The molecule has 0 bridgehead atoms. The maximum absolute atomic E-state index is 13.8. The van der Waals surface area contributed by atoms with Crippen LogP contribution in [-0.2, 0) is 15.3 Å². The number of aliphatic hydroxyl groups excluding tert-OH is 1. The van der Waals surface area contributed by atoms with Crippen LogP contribution in [0.2, 0.25) is 5.02 Å². The Balaban J connectivity index is 1.47. The van der Waals surface area contributed by atoms with Gasteiger partial charge < -0.3 is 9.84 Å². The second-order valence-corrected chi connectivity index (χ2v) is 11.8. The largest absolute Gasteiger partial charge is 0.507 e. The van der Waals surface area contributed by atoms with Crippen molar-refractivity contribution < 1.29 is 23.8 Å². The third-order valence-electron chi connectivity index (χ3n) is 6.40. The van der Waals surface area contributed by atoms with Crippen LogP contribution in [0.1, 0.15) is 42.5 Å². The van der Waals surface area contributed by atoms with Gasteiger partial charge in [0.2, 0.25) is 5.13 Å². The Labute approximate surface area is 249 Å². The molecule has 1 N–H and O–H groups in total. The minimum atomic E-state index is -1.03. The van der Waals surface area contributed by atoms with E-state index >= 15 is 0 Å². The van der Waals surface area contributed by atoms with Gasteiger partial charge in [0.05, 0.1) is 18.2 Å². The van der Waals surface area contributed by atoms with Crippen LogP contribution in [0.3, 0.4) is 0 Å². The number of ether oxygens (including phenoxy) is 1. The first-order chi connectivity index (χ1) is 19.9. The van der Waals surface area contributed by atoms with Crippen molar-refractivity contribution in [2.24, 2.45) is 0 Å². The maximum atomic E-state index is 13.8. The highest BCUT2D eigenvalue weighted by Gasteiger charge is 2.48. The first-order valence-corrected chi connectivity index (χ1v) is 15.0. The van der Waals surface area contributed by atoms with E-state index in [9.17, 15) is 19.1 Å². The second-order valence-electron chi connectivity index (χ2n) is 9.21. The lowest BCUT2D eigenvalue weighted by Crippen LogP contribution is -2.29. The Kier molecular flexibility index (Phi) is 9.02. The van der Waals surface area contributed by atoms with Crippen LogP contribution >= 0.6 is 34.7 Å². The minimum Gasteiger partial charge on any atom is -0.507 e. The molecule has 1 aliphatic heterocycles. The number of hydrogen-bond donors (Lipinski definition) is 1. The second kappa shape index (κ2) is 12.8. The van der Waals surface area contributed by atoms with Crippen LogP contribution in [0, 0.1) is 5.82 Å². The van der Waals surface area contributed by atoms with Gasteiger partial charge in [-0.3, -0.25) is 14.5 Å². The lowest BCUT2D eigenvalue weighted by molar-refractivity contribution is -0.132. The van der Waals surface area contributed by atoms with Gasteiger partial charge in [0.25, 0.3) is 5.78 Å². The third-order valence-corrected chi connectivity index (χ3v) is 8.78. The average Bonchev–Trinajstić information content (AvgIpc) is 3.55. The highest BCUT2D eigenvalue weighted by atomic mass is 35.5. The van der Waals surface area contributed by atoms with Gasteiger partial charge in [0, 0.05) is 16.3 Å². The molecule has 41 heavy (non-hydrogen) atoms. The number of carbonyl (C=O) groups is 2. The molecule has 1 fully saturated rings. The van der Waals surface area contributed by atoms with E-state index in [1.807, 2.05) is 12.1 Å². The molecule has 210 valence electrons. The molecule has 4 aromatic rings. The van der Waals surface area contributed by atoms with Crippen LogP contribution in [0.4, 0.5) is 9.52 Å². The first-order valence-electron chi connectivity index (χ1n) is 12.9. The quantitative estimate of drug-likeness (QED) is 0.0499. The summed E-state index contributed by atoms with van der Waals surface area (Å²) in [7, 11) is 0. The smallest absolute Gasteiger partial charge is 0.301 e. The van der Waals surface area contributed by atoms with Crippen molar-refractivity contribution in [2.75, 3.05) is 11.5 Å². The molecule has 5 rings (SSSR count). The molecule has 0 radical (unpaired) electrons. The lowest BCUT2D eigenvalue weighted by Gasteiger charge is -2.22. The van der Waals surface area contributed by atoms with Crippen LogP contribution in [0.25, 0.3) is 5.76 Å². The fraction of sp³-hybridized carbons (Fsp3) is 0.200. The molecule has 0 saturated carbocycles. The number of nitrogens with zero attached hydrogens (tertiary/aromatic N) is 3. The van der Waals surface area contributed by atoms with Crippen molar-refractivity contribution in [1.29, 1.82) is 0 Å². The van der Waals surface area contributed by atoms with E-state index < -0.39 is 23.5 Å². The summed E-state index contributed by atoms with van der Waals surface area (Å²) in [6.45, 7) is 2.64. The molecule has 3 aromatic carbocycles. The van der Waals surface area contributed by atoms with Crippen LogP contribution in [0.15, 0.2) is 82.7 Å². The van der Waals surface area contributed by atoms with Gasteiger partial charge in [-0.15, -0.1) is 10.2 Å². The molecule has 0 spiro atoms. The lowest BCUT2D eigenvalue weighted by atomic mass is 9.95. The van der Waals surface area contributed by atoms with E-state index in [-0.39, 0.29) is 16.5 Å². The van der Waals surface area contributed by atoms with Crippen LogP contribution in [-0.4, -0.2) is 33.6 Å². The Bertz CT molecular complexity index is 1570. The molecule has 2 heterocycles. The number of ketones is 1. The summed E-state index contributed by atoms with van der Waals surface area (Å²) in [5, 5.41) is 20.6. The maximum Gasteiger partial charge on any atom is 0.301 e. The number of Topliss-reactive ketones (excluding diaryl/α,β-unsaturated/α-hetero) is 1. The fourth-order valence-electron chi connectivity index (χ4n) is 4.27. The Hall–Kier alpha value is -3.73. The van der Waals surface area contributed by atoms with E-state index in [1.165, 1.54) is 40.9 Å². The van der Waals surface area contributed by atoms with Gasteiger partial charge in [0.15, 0.2) is 4.34 Å². The Morgan fingerprint density at radius 3 is 2.44 bits per heavy atom. The van der Waals surface area contributed by atoms with Gasteiger partial charge in [-0.25, -0.2) is 4.39 Å². The molecule has 1 atom stereocenters. The average molecular weight is 610 g/mol. The number of thioether (sulfide) groups is 1. The number of amides is 1. The molecule has 1 saturated heterocycles. The van der Waals surface area contributed by atoms with Gasteiger partial charge in [-0.2, -0.15) is 0 Å². The molecule has 11 heteroatoms. The van der Waals surface area contributed by atoms with Crippen molar-refractivity contribution >= 4 is 57.3 Å². The number of anilines is 1. The zero-order chi connectivity index (χ0) is 28.9. The SMILES string of the molecule is CCCCOc1ccc(/C(O)=C2\C(=O)C(=O)N(c3nnc(SCc4ccc(Cl)cc4)s3)C2c2ccc(F)cc2)cc1. The predicted molar refractivity (Wildman–Crippen MR) is 159 cm³/mol. The van der Waals surface area contributed by atoms with Gasteiger partial charge in [-0.1, -0.05) is 72.3 Å². The van der Waals surface area contributed by atoms with E-state index in [4.69, 9.17) is 16.3 Å². The van der Waals surface area contributed by atoms with Gasteiger partial charge in [-0.05, 0) is 66.1 Å². The minimum absolute atomic E-state index is 0.119. The summed E-state index contributed by atoms with van der Waals surface area (Å²) in [4.78, 5) is 28.0. The Morgan fingerprint density at radius 1 is 1.05 bits per heavy atom. The number of halogens is 2. The molecule has 1 aliphatic rings. The summed E-state index contributed by atoms with van der Waals surface area (Å²) in [6.07, 6.45) is 1.91. The summed E-state index contributed by atoms with van der Waals surface area (Å²) in [5.41, 5.74) is 1.70. The molecule has 7 nitrogen and oxygen atoms in total. The zero-order valence-corrected chi connectivity index (χ0v) is 24.3. The van der Waals surface area contributed by atoms with E-state index in [1.54, 1.807) is 36.4 Å². The molecule has 1 amide bonds. The van der Waals surface area contributed by atoms with Crippen molar-refractivity contribution in [3.05, 3.63) is 106 Å². The summed E-state index contributed by atoms with van der Waals surface area (Å²) in [5.74, 6) is -1.31. The number of benzene rings is 3. The number of hydrogen-bond acceptors (Lipinski definition) is 8. The number of unbranched alkanes of at least 4 members (excludes halogenated alkanes) is 1. The van der Waals surface area contributed by atoms with Gasteiger partial charge >= 0.3 is 5.91 Å². The number of aromatic nitrogens is 2. The van der Waals surface area contributed by atoms with Crippen LogP contribution < -0.4 is 9.64 Å². The molecule has 1 aromatic heterocycles. The normalized spacial score (nSPS) is 16.4. The Morgan fingerprint density at radius 2 is 1.76 bits per heavy atom. The topological polar surface area (TPSA) is 92.6 Å². The molecular formula is C30H25ClFN3O4S2. The summed E-state index contributed by atoms with van der Waals surface area (Å²) < 4.78 is 20.1. The van der Waals surface area contributed by atoms with Crippen molar-refractivity contribution in [1.82, 2.24) is 10.2 Å². The number of carbonyl (C=O) groups excluding carboxylic acids is 2. The highest BCUT2D eigenvalue weighted by Crippen LogP contribution is 2.44. The molecule has 1 unspecified atom stereocenters.